The Bertz CT molecular complexity index is 928. The molecule has 0 fully saturated rings. The summed E-state index contributed by atoms with van der Waals surface area (Å²) in [7, 11) is 1.22. The average Bonchev–Trinajstić information content (AvgIpc) is 2.62. The highest BCUT2D eigenvalue weighted by Gasteiger charge is 2.22. The van der Waals surface area contributed by atoms with E-state index in [-0.39, 0.29) is 11.3 Å². The smallest absolute Gasteiger partial charge is 0.345 e. The Labute approximate surface area is 143 Å². The van der Waals surface area contributed by atoms with Crippen LogP contribution in [-0.4, -0.2) is 13.1 Å². The lowest BCUT2D eigenvalue weighted by Gasteiger charge is -2.09. The van der Waals surface area contributed by atoms with Gasteiger partial charge < -0.3 is 9.15 Å². The molecule has 0 atom stereocenters. The van der Waals surface area contributed by atoms with Gasteiger partial charge in [0, 0.05) is 22.2 Å². The molecule has 3 aromatic rings. The van der Waals surface area contributed by atoms with E-state index in [1.54, 1.807) is 24.3 Å². The fourth-order valence-electron chi connectivity index (χ4n) is 2.34. The van der Waals surface area contributed by atoms with Crippen molar-refractivity contribution < 1.29 is 13.9 Å². The van der Waals surface area contributed by atoms with Crippen LogP contribution in [0.5, 0.6) is 0 Å². The van der Waals surface area contributed by atoms with E-state index in [2.05, 4.69) is 0 Å². The van der Waals surface area contributed by atoms with E-state index in [1.807, 2.05) is 30.3 Å². The summed E-state index contributed by atoms with van der Waals surface area (Å²) >= 11 is 5.90. The second-order valence-corrected chi connectivity index (χ2v) is 5.48. The van der Waals surface area contributed by atoms with Crippen molar-refractivity contribution in [3.8, 4) is 22.6 Å². The Morgan fingerprint density at radius 3 is 2.29 bits per heavy atom. The summed E-state index contributed by atoms with van der Waals surface area (Å²) in [5.74, 6) is -0.212. The maximum Gasteiger partial charge on any atom is 0.345 e. The SMILES string of the molecule is COC(=O)c1c(-c2ccc(Cl)cc2)oc(-c2ccccc2)cc1=O. The lowest BCUT2D eigenvalue weighted by atomic mass is 10.1. The van der Waals surface area contributed by atoms with Crippen molar-refractivity contribution in [2.45, 2.75) is 0 Å². The topological polar surface area (TPSA) is 56.5 Å². The van der Waals surface area contributed by atoms with Gasteiger partial charge in [0.25, 0.3) is 0 Å². The number of esters is 1. The Kier molecular flexibility index (Phi) is 4.49. The fraction of sp³-hybridized carbons (Fsp3) is 0.0526. The number of carbonyl (C=O) groups is 1. The van der Waals surface area contributed by atoms with Gasteiger partial charge in [0.1, 0.15) is 5.76 Å². The molecule has 0 spiro atoms. The van der Waals surface area contributed by atoms with Crippen molar-refractivity contribution in [1.82, 2.24) is 0 Å². The fourth-order valence-corrected chi connectivity index (χ4v) is 2.46. The molecule has 0 aliphatic carbocycles. The van der Waals surface area contributed by atoms with Crippen LogP contribution >= 0.6 is 11.6 Å². The van der Waals surface area contributed by atoms with E-state index >= 15 is 0 Å². The largest absolute Gasteiger partial charge is 0.465 e. The quantitative estimate of drug-likeness (QED) is 0.662. The first-order valence-corrected chi connectivity index (χ1v) is 7.56. The third-order valence-corrected chi connectivity index (χ3v) is 3.75. The number of ether oxygens (including phenoxy) is 1. The predicted octanol–water partition coefficient (Wildman–Crippen LogP) is 4.41. The summed E-state index contributed by atoms with van der Waals surface area (Å²) < 4.78 is 10.6. The first kappa shape index (κ1) is 16.0. The minimum Gasteiger partial charge on any atom is -0.465 e. The molecule has 0 amide bonds. The van der Waals surface area contributed by atoms with Crippen LogP contribution in [0, 0.1) is 0 Å². The van der Waals surface area contributed by atoms with Crippen molar-refractivity contribution in [1.29, 1.82) is 0 Å². The Balaban J connectivity index is 2.27. The van der Waals surface area contributed by atoms with Crippen LogP contribution in [0.3, 0.4) is 0 Å². The summed E-state index contributed by atoms with van der Waals surface area (Å²) in [4.78, 5) is 24.5. The number of carbonyl (C=O) groups excluding carboxylic acids is 1. The van der Waals surface area contributed by atoms with E-state index in [9.17, 15) is 9.59 Å². The van der Waals surface area contributed by atoms with Gasteiger partial charge in [-0.15, -0.1) is 0 Å². The number of halogens is 1. The van der Waals surface area contributed by atoms with Crippen molar-refractivity contribution in [3.63, 3.8) is 0 Å². The molecule has 2 aromatic carbocycles. The molecular weight excluding hydrogens is 328 g/mol. The second-order valence-electron chi connectivity index (χ2n) is 5.04. The molecule has 0 N–H and O–H groups in total. The van der Waals surface area contributed by atoms with Gasteiger partial charge in [-0.1, -0.05) is 41.9 Å². The highest BCUT2D eigenvalue weighted by molar-refractivity contribution is 6.30. The molecular formula is C19H13ClO4. The molecule has 0 aliphatic heterocycles. The standard InChI is InChI=1S/C19H13ClO4/c1-23-19(22)17-15(21)11-16(12-5-3-2-4-6-12)24-18(17)13-7-9-14(20)10-8-13/h2-11H,1H3. The summed E-state index contributed by atoms with van der Waals surface area (Å²) in [6.45, 7) is 0. The zero-order valence-corrected chi connectivity index (χ0v) is 13.5. The minimum atomic E-state index is -0.742. The summed E-state index contributed by atoms with van der Waals surface area (Å²) in [6.07, 6.45) is 0. The molecule has 24 heavy (non-hydrogen) atoms. The van der Waals surface area contributed by atoms with Gasteiger partial charge in [0.15, 0.2) is 11.3 Å². The summed E-state index contributed by atoms with van der Waals surface area (Å²) in [6, 6.07) is 17.2. The third-order valence-electron chi connectivity index (χ3n) is 3.50. The molecule has 1 heterocycles. The second kappa shape index (κ2) is 6.72. The highest BCUT2D eigenvalue weighted by atomic mass is 35.5. The van der Waals surface area contributed by atoms with Gasteiger partial charge >= 0.3 is 5.97 Å². The number of benzene rings is 2. The molecule has 0 aliphatic rings. The molecule has 4 nitrogen and oxygen atoms in total. The molecule has 0 unspecified atom stereocenters. The number of hydrogen-bond acceptors (Lipinski definition) is 4. The lowest BCUT2D eigenvalue weighted by molar-refractivity contribution is 0.0598. The monoisotopic (exact) mass is 340 g/mol. The normalized spacial score (nSPS) is 10.4. The summed E-state index contributed by atoms with van der Waals surface area (Å²) in [5.41, 5.74) is 0.701. The first-order valence-electron chi connectivity index (χ1n) is 7.18. The average molecular weight is 341 g/mol. The number of rotatable bonds is 3. The van der Waals surface area contributed by atoms with Gasteiger partial charge in [0.05, 0.1) is 7.11 Å². The zero-order valence-electron chi connectivity index (χ0n) is 12.8. The van der Waals surface area contributed by atoms with Crippen molar-refractivity contribution in [2.24, 2.45) is 0 Å². The molecule has 5 heteroatoms. The van der Waals surface area contributed by atoms with E-state index in [1.165, 1.54) is 13.2 Å². The predicted molar refractivity (Wildman–Crippen MR) is 92.2 cm³/mol. The van der Waals surface area contributed by atoms with Crippen LogP contribution in [0.25, 0.3) is 22.6 Å². The Morgan fingerprint density at radius 1 is 1.00 bits per heavy atom. The summed E-state index contributed by atoms with van der Waals surface area (Å²) in [5, 5.41) is 0.542. The Hall–Kier alpha value is -2.85. The molecule has 120 valence electrons. The van der Waals surface area contributed by atoms with Gasteiger partial charge in [-0.3, -0.25) is 4.79 Å². The van der Waals surface area contributed by atoms with Crippen molar-refractivity contribution in [2.75, 3.05) is 7.11 Å². The van der Waals surface area contributed by atoms with Crippen molar-refractivity contribution >= 4 is 17.6 Å². The minimum absolute atomic E-state index is 0.139. The van der Waals surface area contributed by atoms with Crippen LogP contribution < -0.4 is 5.43 Å². The van der Waals surface area contributed by atoms with Crippen molar-refractivity contribution in [3.05, 3.63) is 81.5 Å². The first-order chi connectivity index (χ1) is 11.6. The molecule has 0 saturated carbocycles. The highest BCUT2D eigenvalue weighted by Crippen LogP contribution is 2.28. The maximum atomic E-state index is 12.5. The Morgan fingerprint density at radius 2 is 1.67 bits per heavy atom. The zero-order chi connectivity index (χ0) is 17.1. The van der Waals surface area contributed by atoms with Gasteiger partial charge in [-0.2, -0.15) is 0 Å². The van der Waals surface area contributed by atoms with Gasteiger partial charge in [-0.25, -0.2) is 4.79 Å². The van der Waals surface area contributed by atoms with E-state index < -0.39 is 11.4 Å². The van der Waals surface area contributed by atoms with Gasteiger partial charge in [-0.05, 0) is 24.3 Å². The van der Waals surface area contributed by atoms with Crippen LogP contribution in [0.2, 0.25) is 5.02 Å². The van der Waals surface area contributed by atoms with E-state index in [0.29, 0.717) is 16.3 Å². The molecule has 0 radical (unpaired) electrons. The number of hydrogen-bond donors (Lipinski definition) is 0. The van der Waals surface area contributed by atoms with E-state index in [4.69, 9.17) is 20.8 Å². The van der Waals surface area contributed by atoms with Crippen LogP contribution in [0.4, 0.5) is 0 Å². The number of methoxy groups -OCH3 is 1. The van der Waals surface area contributed by atoms with Gasteiger partial charge in [0.2, 0.25) is 5.43 Å². The van der Waals surface area contributed by atoms with Crippen LogP contribution in [0.15, 0.2) is 69.9 Å². The molecule has 0 bridgehead atoms. The lowest BCUT2D eigenvalue weighted by Crippen LogP contribution is -2.17. The molecule has 0 saturated heterocycles. The molecule has 1 aromatic heterocycles. The molecule has 3 rings (SSSR count). The van der Waals surface area contributed by atoms with Crippen LogP contribution in [0.1, 0.15) is 10.4 Å². The maximum absolute atomic E-state index is 12.5. The third kappa shape index (κ3) is 3.09. The van der Waals surface area contributed by atoms with Crippen LogP contribution in [-0.2, 0) is 4.74 Å². The van der Waals surface area contributed by atoms with E-state index in [0.717, 1.165) is 5.56 Å².